The molecule has 0 bridgehead atoms. The van der Waals surface area contributed by atoms with Gasteiger partial charge in [0.1, 0.15) is 5.52 Å². The number of hydrogen-bond donors (Lipinski definition) is 2. The second kappa shape index (κ2) is 8.55. The number of nitrogens with two attached hydrogens (primary N) is 1. The summed E-state index contributed by atoms with van der Waals surface area (Å²) in [5.74, 6) is -0.263. The van der Waals surface area contributed by atoms with Crippen molar-refractivity contribution in [3.63, 3.8) is 0 Å². The number of benzene rings is 1. The number of nitrogens with one attached hydrogen (secondary N) is 1. The molecule has 0 radical (unpaired) electrons. The molecule has 3 aromatic rings. The van der Waals surface area contributed by atoms with Crippen molar-refractivity contribution in [3.8, 4) is 6.01 Å². The van der Waals surface area contributed by atoms with Gasteiger partial charge in [0.25, 0.3) is 0 Å². The Hall–Kier alpha value is -3.36. The van der Waals surface area contributed by atoms with E-state index in [0.29, 0.717) is 29.9 Å². The average molecular weight is 385 g/mol. The normalized spacial score (nSPS) is 10.9. The highest BCUT2D eigenvalue weighted by Crippen LogP contribution is 2.19. The Kier molecular flexibility index (Phi) is 5.93. The van der Waals surface area contributed by atoms with Gasteiger partial charge >= 0.3 is 17.7 Å². The standard InChI is InChI=1S/C19H23N5O4/c1-3-5-9-28-18-22-15(20)14-16(23-18)24(19(26)21-14)11-12-7-6-8-13(10-12)17(25)27-4-2/h6-8,10H,3-5,9,11H2,1-2H3,(H,21,26)(H2,20,22,23). The van der Waals surface area contributed by atoms with Gasteiger partial charge in [0.05, 0.1) is 25.3 Å². The molecule has 0 unspecified atom stereocenters. The summed E-state index contributed by atoms with van der Waals surface area (Å²) in [5, 5.41) is 0. The van der Waals surface area contributed by atoms with Gasteiger partial charge in [0, 0.05) is 0 Å². The fourth-order valence-corrected chi connectivity index (χ4v) is 2.74. The monoisotopic (exact) mass is 385 g/mol. The van der Waals surface area contributed by atoms with E-state index in [9.17, 15) is 9.59 Å². The maximum absolute atomic E-state index is 12.4. The quantitative estimate of drug-likeness (QED) is 0.449. The number of hydrogen-bond acceptors (Lipinski definition) is 7. The van der Waals surface area contributed by atoms with Gasteiger partial charge in [-0.05, 0) is 31.0 Å². The number of rotatable bonds is 8. The lowest BCUT2D eigenvalue weighted by atomic mass is 10.1. The van der Waals surface area contributed by atoms with Crippen LogP contribution in [-0.2, 0) is 11.3 Å². The van der Waals surface area contributed by atoms with Crippen LogP contribution in [0.5, 0.6) is 6.01 Å². The van der Waals surface area contributed by atoms with Crippen molar-refractivity contribution < 1.29 is 14.3 Å². The highest BCUT2D eigenvalue weighted by atomic mass is 16.5. The molecule has 3 rings (SSSR count). The van der Waals surface area contributed by atoms with E-state index < -0.39 is 5.97 Å². The summed E-state index contributed by atoms with van der Waals surface area (Å²) in [5.41, 5.74) is 7.47. The highest BCUT2D eigenvalue weighted by molar-refractivity contribution is 5.89. The number of ether oxygens (including phenoxy) is 2. The van der Waals surface area contributed by atoms with Crippen LogP contribution in [0.3, 0.4) is 0 Å². The van der Waals surface area contributed by atoms with Crippen LogP contribution in [0, 0.1) is 0 Å². The Morgan fingerprint density at radius 2 is 2.11 bits per heavy atom. The molecule has 2 heterocycles. The zero-order valence-electron chi connectivity index (χ0n) is 15.9. The zero-order chi connectivity index (χ0) is 20.1. The molecule has 9 heteroatoms. The SMILES string of the molecule is CCCCOc1nc(N)c2[nH]c(=O)n(Cc3cccc(C(=O)OCC)c3)c2n1. The molecule has 0 spiro atoms. The smallest absolute Gasteiger partial charge is 0.338 e. The molecule has 0 fully saturated rings. The zero-order valence-corrected chi connectivity index (χ0v) is 15.9. The fraction of sp³-hybridized carbons (Fsp3) is 0.368. The van der Waals surface area contributed by atoms with E-state index in [-0.39, 0.29) is 24.1 Å². The van der Waals surface area contributed by atoms with Crippen molar-refractivity contribution in [1.29, 1.82) is 0 Å². The van der Waals surface area contributed by atoms with Crippen LogP contribution in [0.2, 0.25) is 0 Å². The molecule has 0 saturated heterocycles. The number of nitrogen functional groups attached to an aromatic ring is 1. The molecule has 1 aromatic carbocycles. The van der Waals surface area contributed by atoms with Crippen LogP contribution in [0.15, 0.2) is 29.1 Å². The third-order valence-electron chi connectivity index (χ3n) is 4.14. The van der Waals surface area contributed by atoms with E-state index in [0.717, 1.165) is 18.4 Å². The predicted molar refractivity (Wildman–Crippen MR) is 104 cm³/mol. The van der Waals surface area contributed by atoms with Crippen LogP contribution >= 0.6 is 0 Å². The Bertz CT molecular complexity index is 1040. The number of carbonyl (C=O) groups is 1. The molecule has 0 aliphatic carbocycles. The van der Waals surface area contributed by atoms with Crippen LogP contribution in [-0.4, -0.2) is 38.7 Å². The predicted octanol–water partition coefficient (Wildman–Crippen LogP) is 2.11. The molecule has 2 aromatic heterocycles. The van der Waals surface area contributed by atoms with Gasteiger partial charge in [-0.25, -0.2) is 9.59 Å². The third kappa shape index (κ3) is 4.13. The first kappa shape index (κ1) is 19.4. The number of carbonyl (C=O) groups excluding carboxylic acids is 1. The van der Waals surface area contributed by atoms with Crippen LogP contribution in [0.25, 0.3) is 11.2 Å². The summed E-state index contributed by atoms with van der Waals surface area (Å²) in [7, 11) is 0. The number of unbranched alkanes of at least 4 members (excludes halogenated alkanes) is 1. The van der Waals surface area contributed by atoms with Gasteiger partial charge in [0.15, 0.2) is 11.5 Å². The summed E-state index contributed by atoms with van der Waals surface area (Å²) in [6.45, 7) is 4.77. The van der Waals surface area contributed by atoms with Crippen molar-refractivity contribution in [2.45, 2.75) is 33.2 Å². The first-order valence-corrected chi connectivity index (χ1v) is 9.18. The Balaban J connectivity index is 1.94. The van der Waals surface area contributed by atoms with E-state index in [1.54, 1.807) is 25.1 Å². The van der Waals surface area contributed by atoms with E-state index in [4.69, 9.17) is 15.2 Å². The van der Waals surface area contributed by atoms with Crippen molar-refractivity contribution in [2.75, 3.05) is 18.9 Å². The minimum absolute atomic E-state index is 0.131. The summed E-state index contributed by atoms with van der Waals surface area (Å²) in [4.78, 5) is 35.5. The second-order valence-electron chi connectivity index (χ2n) is 6.23. The second-order valence-corrected chi connectivity index (χ2v) is 6.23. The van der Waals surface area contributed by atoms with E-state index >= 15 is 0 Å². The Morgan fingerprint density at radius 1 is 1.29 bits per heavy atom. The summed E-state index contributed by atoms with van der Waals surface area (Å²) in [6, 6.07) is 7.04. The molecule has 3 N–H and O–H groups in total. The number of H-pyrrole nitrogens is 1. The van der Waals surface area contributed by atoms with E-state index in [2.05, 4.69) is 21.9 Å². The number of nitrogens with zero attached hydrogens (tertiary/aromatic N) is 3. The Labute approximate surface area is 161 Å². The van der Waals surface area contributed by atoms with Gasteiger partial charge in [-0.15, -0.1) is 0 Å². The average Bonchev–Trinajstić information content (AvgIpc) is 2.99. The van der Waals surface area contributed by atoms with Crippen molar-refractivity contribution in [3.05, 3.63) is 45.9 Å². The third-order valence-corrected chi connectivity index (χ3v) is 4.14. The molecule has 28 heavy (non-hydrogen) atoms. The molecule has 148 valence electrons. The molecular formula is C19H23N5O4. The van der Waals surface area contributed by atoms with E-state index in [1.165, 1.54) is 4.57 Å². The molecule has 0 amide bonds. The van der Waals surface area contributed by atoms with Crippen molar-refractivity contribution in [2.24, 2.45) is 0 Å². The van der Waals surface area contributed by atoms with Gasteiger partial charge in [-0.1, -0.05) is 25.5 Å². The van der Waals surface area contributed by atoms with Crippen LogP contribution < -0.4 is 16.2 Å². The summed E-state index contributed by atoms with van der Waals surface area (Å²) >= 11 is 0. The first-order valence-electron chi connectivity index (χ1n) is 9.18. The first-order chi connectivity index (χ1) is 13.5. The summed E-state index contributed by atoms with van der Waals surface area (Å²) < 4.78 is 12.0. The molecule has 0 atom stereocenters. The molecule has 0 aliphatic rings. The maximum atomic E-state index is 12.4. The van der Waals surface area contributed by atoms with Gasteiger partial charge in [-0.3, -0.25) is 4.57 Å². The maximum Gasteiger partial charge on any atom is 0.338 e. The van der Waals surface area contributed by atoms with Gasteiger partial charge in [-0.2, -0.15) is 9.97 Å². The number of imidazole rings is 1. The largest absolute Gasteiger partial charge is 0.463 e. The number of esters is 1. The molecule has 0 aliphatic heterocycles. The minimum atomic E-state index is -0.409. The molecule has 9 nitrogen and oxygen atoms in total. The lowest BCUT2D eigenvalue weighted by molar-refractivity contribution is 0.0526. The van der Waals surface area contributed by atoms with Crippen LogP contribution in [0.4, 0.5) is 5.82 Å². The van der Waals surface area contributed by atoms with Crippen LogP contribution in [0.1, 0.15) is 42.6 Å². The Morgan fingerprint density at radius 3 is 2.86 bits per heavy atom. The summed E-state index contributed by atoms with van der Waals surface area (Å²) in [6.07, 6.45) is 1.84. The highest BCUT2D eigenvalue weighted by Gasteiger charge is 2.15. The lowest BCUT2D eigenvalue weighted by Gasteiger charge is -2.08. The fourth-order valence-electron chi connectivity index (χ4n) is 2.74. The van der Waals surface area contributed by atoms with E-state index in [1.807, 2.05) is 6.07 Å². The van der Waals surface area contributed by atoms with Gasteiger partial charge < -0.3 is 20.2 Å². The number of aromatic amines is 1. The number of anilines is 1. The van der Waals surface area contributed by atoms with Crippen molar-refractivity contribution in [1.82, 2.24) is 19.5 Å². The molecule has 0 saturated carbocycles. The van der Waals surface area contributed by atoms with Crippen molar-refractivity contribution >= 4 is 23.0 Å². The number of aromatic nitrogens is 4. The molecular weight excluding hydrogens is 362 g/mol. The lowest BCUT2D eigenvalue weighted by Crippen LogP contribution is -2.18. The number of fused-ring (bicyclic) bond motifs is 1. The van der Waals surface area contributed by atoms with Gasteiger partial charge in [0.2, 0.25) is 0 Å². The minimum Gasteiger partial charge on any atom is -0.463 e. The topological polar surface area (TPSA) is 125 Å².